The number of morpholine rings is 1. The van der Waals surface area contributed by atoms with Crippen LogP contribution in [-0.2, 0) is 11.8 Å². The van der Waals surface area contributed by atoms with E-state index in [9.17, 15) is 9.59 Å². The second kappa shape index (κ2) is 9.03. The number of hydrazine groups is 1. The summed E-state index contributed by atoms with van der Waals surface area (Å²) < 4.78 is 7.95. The molecule has 4 rings (SSSR count). The lowest BCUT2D eigenvalue weighted by atomic mass is 10.1. The molecule has 1 aromatic carbocycles. The molecule has 3 heterocycles. The first-order valence-corrected chi connectivity index (χ1v) is 11.1. The highest BCUT2D eigenvalue weighted by molar-refractivity contribution is 9.10. The summed E-state index contributed by atoms with van der Waals surface area (Å²) in [6.45, 7) is 2.88. The summed E-state index contributed by atoms with van der Waals surface area (Å²) >= 11 is 4.76. The number of amides is 2. The number of anilines is 1. The van der Waals surface area contributed by atoms with Gasteiger partial charge in [-0.2, -0.15) is 0 Å². The number of halogens is 1. The summed E-state index contributed by atoms with van der Waals surface area (Å²) in [6, 6.07) is 13.6. The maximum Gasteiger partial charge on any atom is 0.286 e. The number of carbonyl (C=O) groups excluding carboxylic acids is 2. The Balaban J connectivity index is 1.54. The number of hydrogen-bond donors (Lipinski definition) is 2. The van der Waals surface area contributed by atoms with Crippen LogP contribution in [0.25, 0.3) is 11.1 Å². The molecule has 0 spiro atoms. The van der Waals surface area contributed by atoms with Crippen molar-refractivity contribution in [3.05, 3.63) is 63.7 Å². The molecule has 1 aliphatic rings. The van der Waals surface area contributed by atoms with Crippen LogP contribution in [0.2, 0.25) is 0 Å². The third kappa shape index (κ3) is 4.43. The van der Waals surface area contributed by atoms with Gasteiger partial charge in [0.05, 0.1) is 23.1 Å². The van der Waals surface area contributed by atoms with Gasteiger partial charge in [0.25, 0.3) is 11.8 Å². The molecule has 0 bridgehead atoms. The van der Waals surface area contributed by atoms with E-state index in [1.54, 1.807) is 23.9 Å². The van der Waals surface area contributed by atoms with Crippen LogP contribution in [-0.4, -0.2) is 42.7 Å². The largest absolute Gasteiger partial charge is 0.378 e. The molecule has 0 saturated carbocycles. The average Bonchev–Trinajstić information content (AvgIpc) is 3.36. The van der Waals surface area contributed by atoms with Crippen LogP contribution in [0, 0.1) is 0 Å². The molecule has 1 saturated heterocycles. The van der Waals surface area contributed by atoms with E-state index in [-0.39, 0.29) is 11.8 Å². The van der Waals surface area contributed by atoms with E-state index in [0.29, 0.717) is 23.8 Å². The Kier molecular flexibility index (Phi) is 6.21. The Bertz CT molecular complexity index is 1060. The minimum absolute atomic E-state index is 0.349. The molecule has 2 N–H and O–H groups in total. The van der Waals surface area contributed by atoms with Crippen LogP contribution >= 0.6 is 27.3 Å². The molecule has 156 valence electrons. The Morgan fingerprint density at radius 3 is 2.43 bits per heavy atom. The van der Waals surface area contributed by atoms with Crippen molar-refractivity contribution in [1.82, 2.24) is 15.4 Å². The second-order valence-corrected chi connectivity index (χ2v) is 8.80. The van der Waals surface area contributed by atoms with Crippen molar-refractivity contribution in [3.63, 3.8) is 0 Å². The zero-order valence-electron chi connectivity index (χ0n) is 16.4. The van der Waals surface area contributed by atoms with E-state index in [1.165, 1.54) is 11.3 Å². The number of aromatic nitrogens is 1. The Labute approximate surface area is 186 Å². The Hall–Kier alpha value is -2.62. The topological polar surface area (TPSA) is 75.6 Å². The number of aryl methyl sites for hydroxylation is 1. The number of ether oxygens (including phenoxy) is 1. The van der Waals surface area contributed by atoms with Crippen molar-refractivity contribution >= 4 is 44.1 Å². The van der Waals surface area contributed by atoms with Gasteiger partial charge in [-0.1, -0.05) is 30.3 Å². The van der Waals surface area contributed by atoms with Gasteiger partial charge < -0.3 is 14.2 Å². The highest BCUT2D eigenvalue weighted by atomic mass is 79.9. The van der Waals surface area contributed by atoms with Gasteiger partial charge in [-0.15, -0.1) is 11.3 Å². The smallest absolute Gasteiger partial charge is 0.286 e. The van der Waals surface area contributed by atoms with Crippen LogP contribution in [0.15, 0.2) is 53.1 Å². The van der Waals surface area contributed by atoms with Gasteiger partial charge in [0.15, 0.2) is 0 Å². The number of benzene rings is 1. The van der Waals surface area contributed by atoms with Gasteiger partial charge in [-0.05, 0) is 33.6 Å². The van der Waals surface area contributed by atoms with Gasteiger partial charge in [-0.3, -0.25) is 20.4 Å². The highest BCUT2D eigenvalue weighted by Gasteiger charge is 2.22. The molecule has 3 aromatic rings. The van der Waals surface area contributed by atoms with Crippen LogP contribution < -0.4 is 15.8 Å². The van der Waals surface area contributed by atoms with Crippen LogP contribution in [0.4, 0.5) is 5.00 Å². The summed E-state index contributed by atoms with van der Waals surface area (Å²) in [6.07, 6.45) is 1.77. The Morgan fingerprint density at radius 2 is 1.77 bits per heavy atom. The lowest BCUT2D eigenvalue weighted by molar-refractivity contribution is 0.0844. The maximum absolute atomic E-state index is 12.8. The third-order valence-electron chi connectivity index (χ3n) is 4.81. The van der Waals surface area contributed by atoms with Gasteiger partial charge >= 0.3 is 0 Å². The van der Waals surface area contributed by atoms with Crippen LogP contribution in [0.1, 0.15) is 20.2 Å². The van der Waals surface area contributed by atoms with E-state index in [1.807, 2.05) is 36.4 Å². The van der Waals surface area contributed by atoms with Crippen molar-refractivity contribution in [2.75, 3.05) is 31.2 Å². The molecule has 2 aromatic heterocycles. The fraction of sp³-hybridized carbons (Fsp3) is 0.238. The Morgan fingerprint density at radius 1 is 1.07 bits per heavy atom. The first-order chi connectivity index (χ1) is 14.5. The SMILES string of the molecule is Cn1cc(Br)cc1C(=O)NNC(=O)c1cc(-c2ccccc2)c(N2CCOCC2)s1. The summed E-state index contributed by atoms with van der Waals surface area (Å²) in [5.41, 5.74) is 7.51. The van der Waals surface area contributed by atoms with E-state index >= 15 is 0 Å². The quantitative estimate of drug-likeness (QED) is 0.551. The molecule has 0 unspecified atom stereocenters. The van der Waals surface area contributed by atoms with Crippen LogP contribution in [0.5, 0.6) is 0 Å². The maximum atomic E-state index is 12.8. The van der Waals surface area contributed by atoms with Crippen molar-refractivity contribution in [3.8, 4) is 11.1 Å². The van der Waals surface area contributed by atoms with E-state index < -0.39 is 0 Å². The molecule has 30 heavy (non-hydrogen) atoms. The first-order valence-electron chi connectivity index (χ1n) is 9.47. The minimum atomic E-state index is -0.384. The monoisotopic (exact) mass is 488 g/mol. The molecule has 0 atom stereocenters. The summed E-state index contributed by atoms with van der Waals surface area (Å²) in [5, 5.41) is 1.03. The van der Waals surface area contributed by atoms with Gasteiger partial charge in [0.2, 0.25) is 0 Å². The number of hydrogen-bond acceptors (Lipinski definition) is 5. The average molecular weight is 489 g/mol. The lowest BCUT2D eigenvalue weighted by Crippen LogP contribution is -2.42. The van der Waals surface area contributed by atoms with Gasteiger partial charge in [0.1, 0.15) is 5.69 Å². The molecule has 1 aliphatic heterocycles. The fourth-order valence-electron chi connectivity index (χ4n) is 3.31. The van der Waals surface area contributed by atoms with E-state index in [0.717, 1.165) is 33.7 Å². The molecule has 7 nitrogen and oxygen atoms in total. The number of nitrogens with one attached hydrogen (secondary N) is 2. The van der Waals surface area contributed by atoms with Gasteiger partial charge in [-0.25, -0.2) is 0 Å². The summed E-state index contributed by atoms with van der Waals surface area (Å²) in [5.74, 6) is -0.733. The first kappa shape index (κ1) is 20.6. The standard InChI is InChI=1S/C21H21BrN4O3S/c1-25-13-15(22)11-17(25)19(27)23-24-20(28)18-12-16(14-5-3-2-4-6-14)21(30-18)26-7-9-29-10-8-26/h2-6,11-13H,7-10H2,1H3,(H,23,27)(H,24,28). The van der Waals surface area contributed by atoms with E-state index in [2.05, 4.69) is 31.7 Å². The molecule has 0 aliphatic carbocycles. The predicted molar refractivity (Wildman–Crippen MR) is 121 cm³/mol. The van der Waals surface area contributed by atoms with Gasteiger partial charge in [0, 0.05) is 36.4 Å². The number of thiophene rings is 1. The minimum Gasteiger partial charge on any atom is -0.378 e. The molecule has 2 amide bonds. The van der Waals surface area contributed by atoms with Crippen LogP contribution in [0.3, 0.4) is 0 Å². The summed E-state index contributed by atoms with van der Waals surface area (Å²) in [7, 11) is 1.77. The molecular formula is C21H21BrN4O3S. The molecule has 0 radical (unpaired) electrons. The molecule has 1 fully saturated rings. The molecule has 9 heteroatoms. The van der Waals surface area contributed by atoms with Crippen molar-refractivity contribution < 1.29 is 14.3 Å². The summed E-state index contributed by atoms with van der Waals surface area (Å²) in [4.78, 5) is 27.9. The normalized spacial score (nSPS) is 13.9. The second-order valence-electron chi connectivity index (χ2n) is 6.86. The zero-order chi connectivity index (χ0) is 21.1. The lowest BCUT2D eigenvalue weighted by Gasteiger charge is -2.28. The number of carbonyl (C=O) groups is 2. The van der Waals surface area contributed by atoms with Crippen molar-refractivity contribution in [1.29, 1.82) is 0 Å². The number of nitrogens with zero attached hydrogens (tertiary/aromatic N) is 2. The zero-order valence-corrected chi connectivity index (χ0v) is 18.8. The van der Waals surface area contributed by atoms with E-state index in [4.69, 9.17) is 4.74 Å². The number of rotatable bonds is 4. The fourth-order valence-corrected chi connectivity index (χ4v) is 4.96. The molecular weight excluding hydrogens is 468 g/mol. The third-order valence-corrected chi connectivity index (χ3v) is 6.44. The van der Waals surface area contributed by atoms with Crippen molar-refractivity contribution in [2.24, 2.45) is 7.05 Å². The highest BCUT2D eigenvalue weighted by Crippen LogP contribution is 2.39. The predicted octanol–water partition coefficient (Wildman–Crippen LogP) is 3.43. The van der Waals surface area contributed by atoms with Crippen molar-refractivity contribution in [2.45, 2.75) is 0 Å².